The zero-order valence-corrected chi connectivity index (χ0v) is 21.4. The average molecular weight is 472 g/mol. The summed E-state index contributed by atoms with van der Waals surface area (Å²) in [6.45, 7) is 12.9. The summed E-state index contributed by atoms with van der Waals surface area (Å²) in [5.74, 6) is 0.463. The summed E-state index contributed by atoms with van der Waals surface area (Å²) in [6.07, 6.45) is 2.69. The number of rotatable bonds is 4. The minimum absolute atomic E-state index is 0.0994. The van der Waals surface area contributed by atoms with Crippen molar-refractivity contribution in [2.45, 2.75) is 59.5 Å². The van der Waals surface area contributed by atoms with Gasteiger partial charge in [0, 0.05) is 48.3 Å². The van der Waals surface area contributed by atoms with E-state index in [1.165, 1.54) is 11.1 Å². The van der Waals surface area contributed by atoms with E-state index in [9.17, 15) is 4.79 Å². The molecule has 8 nitrogen and oxygen atoms in total. The second-order valence-electron chi connectivity index (χ2n) is 10.5. The van der Waals surface area contributed by atoms with Gasteiger partial charge in [-0.15, -0.1) is 0 Å². The number of hydrogen-bond acceptors (Lipinski definition) is 6. The molecule has 0 amide bonds. The molecular formula is C27H33N7O. The summed E-state index contributed by atoms with van der Waals surface area (Å²) in [6, 6.07) is 10.5. The quantitative estimate of drug-likeness (QED) is 0.477. The van der Waals surface area contributed by atoms with Gasteiger partial charge in [-0.25, -0.2) is 14.3 Å². The van der Waals surface area contributed by atoms with Gasteiger partial charge >= 0.3 is 0 Å². The Labute approximate surface area is 205 Å². The van der Waals surface area contributed by atoms with E-state index in [1.54, 1.807) is 10.9 Å². The molecule has 5 rings (SSSR count). The first-order chi connectivity index (χ1) is 16.6. The van der Waals surface area contributed by atoms with Crippen LogP contribution in [0.1, 0.15) is 50.2 Å². The maximum absolute atomic E-state index is 13.2. The molecule has 1 aliphatic rings. The zero-order valence-electron chi connectivity index (χ0n) is 21.4. The van der Waals surface area contributed by atoms with Gasteiger partial charge in [-0.1, -0.05) is 26.8 Å². The van der Waals surface area contributed by atoms with Gasteiger partial charge in [-0.3, -0.25) is 9.78 Å². The highest BCUT2D eigenvalue weighted by atomic mass is 16.1. The molecule has 0 aliphatic carbocycles. The molecule has 1 N–H and O–H groups in total. The third-order valence-electron chi connectivity index (χ3n) is 6.59. The normalized spacial score (nSPS) is 14.3. The van der Waals surface area contributed by atoms with Gasteiger partial charge in [0.2, 0.25) is 5.95 Å². The van der Waals surface area contributed by atoms with Crippen molar-refractivity contribution in [2.75, 3.05) is 18.9 Å². The Morgan fingerprint density at radius 1 is 1.09 bits per heavy atom. The molecular weight excluding hydrogens is 438 g/mol. The van der Waals surface area contributed by atoms with Gasteiger partial charge in [0.05, 0.1) is 5.69 Å². The first-order valence-corrected chi connectivity index (χ1v) is 12.2. The van der Waals surface area contributed by atoms with Gasteiger partial charge in [0.1, 0.15) is 5.39 Å². The smallest absolute Gasteiger partial charge is 0.278 e. The largest absolute Gasteiger partial charge is 0.324 e. The van der Waals surface area contributed by atoms with Crippen LogP contribution in [-0.2, 0) is 24.9 Å². The summed E-state index contributed by atoms with van der Waals surface area (Å²) in [7, 11) is 2.14. The maximum atomic E-state index is 13.2. The van der Waals surface area contributed by atoms with Crippen molar-refractivity contribution in [3.05, 3.63) is 69.4 Å². The van der Waals surface area contributed by atoms with Crippen LogP contribution in [0.15, 0.2) is 41.3 Å². The number of anilines is 2. The molecule has 0 saturated heterocycles. The second kappa shape index (κ2) is 8.61. The Hall–Kier alpha value is -3.52. The molecule has 182 valence electrons. The number of aryl methyl sites for hydroxylation is 1. The number of benzene rings is 1. The van der Waals surface area contributed by atoms with Crippen LogP contribution in [0.5, 0.6) is 0 Å². The summed E-state index contributed by atoms with van der Waals surface area (Å²) < 4.78 is 3.61. The van der Waals surface area contributed by atoms with E-state index in [2.05, 4.69) is 61.2 Å². The van der Waals surface area contributed by atoms with Gasteiger partial charge in [0.15, 0.2) is 5.65 Å². The molecule has 0 radical (unpaired) electrons. The van der Waals surface area contributed by atoms with Gasteiger partial charge in [0.25, 0.3) is 5.56 Å². The third-order valence-corrected chi connectivity index (χ3v) is 6.59. The van der Waals surface area contributed by atoms with E-state index in [0.29, 0.717) is 23.5 Å². The Morgan fingerprint density at radius 2 is 1.89 bits per heavy atom. The van der Waals surface area contributed by atoms with E-state index in [-0.39, 0.29) is 11.0 Å². The lowest BCUT2D eigenvalue weighted by Crippen LogP contribution is -2.26. The lowest BCUT2D eigenvalue weighted by molar-refractivity contribution is 0.313. The highest BCUT2D eigenvalue weighted by molar-refractivity contribution is 5.77. The summed E-state index contributed by atoms with van der Waals surface area (Å²) >= 11 is 0. The van der Waals surface area contributed by atoms with Crippen molar-refractivity contribution in [3.63, 3.8) is 0 Å². The zero-order chi connectivity index (χ0) is 24.9. The number of pyridine rings is 1. The van der Waals surface area contributed by atoms with E-state index < -0.39 is 0 Å². The van der Waals surface area contributed by atoms with Gasteiger partial charge in [-0.05, 0) is 62.7 Å². The first-order valence-electron chi connectivity index (χ1n) is 12.2. The molecule has 0 bridgehead atoms. The SMILES string of the molecule is CCn1c(=O)c2cnc(Nc3ccc4c(c3)CN(C)CC4)nc2n1-c1cc(C)nc(C(C)(C)C)c1. The van der Waals surface area contributed by atoms with Crippen LogP contribution in [-0.4, -0.2) is 42.8 Å². The number of hydrogen-bond donors (Lipinski definition) is 1. The van der Waals surface area contributed by atoms with Crippen molar-refractivity contribution in [3.8, 4) is 5.69 Å². The van der Waals surface area contributed by atoms with E-state index in [4.69, 9.17) is 9.97 Å². The van der Waals surface area contributed by atoms with Gasteiger partial charge < -0.3 is 10.2 Å². The predicted molar refractivity (Wildman–Crippen MR) is 140 cm³/mol. The molecule has 0 spiro atoms. The van der Waals surface area contributed by atoms with Crippen LogP contribution in [0.2, 0.25) is 0 Å². The van der Waals surface area contributed by atoms with E-state index >= 15 is 0 Å². The fourth-order valence-corrected chi connectivity index (χ4v) is 4.70. The molecule has 4 heterocycles. The fraction of sp³-hybridized carbons (Fsp3) is 0.407. The average Bonchev–Trinajstić information content (AvgIpc) is 3.08. The van der Waals surface area contributed by atoms with Crippen LogP contribution in [0.3, 0.4) is 0 Å². The summed E-state index contributed by atoms with van der Waals surface area (Å²) in [4.78, 5) is 29.6. The molecule has 4 aromatic rings. The number of likely N-dealkylation sites (N-methyl/N-ethyl adjacent to an activating group) is 1. The highest BCUT2D eigenvalue weighted by Gasteiger charge is 2.21. The maximum Gasteiger partial charge on any atom is 0.278 e. The summed E-state index contributed by atoms with van der Waals surface area (Å²) in [5.41, 5.74) is 6.75. The van der Waals surface area contributed by atoms with E-state index in [0.717, 1.165) is 42.3 Å². The minimum atomic E-state index is -0.122. The van der Waals surface area contributed by atoms with Crippen LogP contribution in [0.4, 0.5) is 11.6 Å². The number of fused-ring (bicyclic) bond motifs is 2. The Morgan fingerprint density at radius 3 is 2.63 bits per heavy atom. The van der Waals surface area contributed by atoms with Crippen molar-refractivity contribution < 1.29 is 0 Å². The number of nitrogens with zero attached hydrogens (tertiary/aromatic N) is 6. The lowest BCUT2D eigenvalue weighted by Gasteiger charge is -2.25. The van der Waals surface area contributed by atoms with Crippen LogP contribution < -0.4 is 10.9 Å². The molecule has 1 aromatic carbocycles. The standard InChI is InChI=1S/C27H33N7O/c1-7-33-25(35)22-15-28-26(30-20-9-8-18-10-11-32(6)16-19(18)13-20)31-24(22)34(33)21-12-17(2)29-23(14-21)27(3,4)5/h8-9,12-15H,7,10-11,16H2,1-6H3,(H,28,30,31). The van der Waals surface area contributed by atoms with E-state index in [1.807, 2.05) is 30.7 Å². The van der Waals surface area contributed by atoms with Crippen molar-refractivity contribution in [1.82, 2.24) is 29.2 Å². The van der Waals surface area contributed by atoms with Crippen molar-refractivity contribution >= 4 is 22.7 Å². The molecule has 1 aliphatic heterocycles. The van der Waals surface area contributed by atoms with Crippen LogP contribution >= 0.6 is 0 Å². The molecule has 0 atom stereocenters. The minimum Gasteiger partial charge on any atom is -0.324 e. The molecule has 0 fully saturated rings. The van der Waals surface area contributed by atoms with Crippen molar-refractivity contribution in [1.29, 1.82) is 0 Å². The predicted octanol–water partition coefficient (Wildman–Crippen LogP) is 4.33. The molecule has 0 unspecified atom stereocenters. The Kier molecular flexibility index (Phi) is 5.71. The molecule has 0 saturated carbocycles. The van der Waals surface area contributed by atoms with Crippen molar-refractivity contribution in [2.24, 2.45) is 0 Å². The lowest BCUT2D eigenvalue weighted by atomic mass is 9.91. The highest BCUT2D eigenvalue weighted by Crippen LogP contribution is 2.26. The number of aromatic nitrogens is 5. The Bertz CT molecular complexity index is 1480. The third kappa shape index (κ3) is 4.34. The molecule has 8 heteroatoms. The molecule has 3 aromatic heterocycles. The fourth-order valence-electron chi connectivity index (χ4n) is 4.70. The topological polar surface area (TPSA) is 80.9 Å². The molecule has 35 heavy (non-hydrogen) atoms. The monoisotopic (exact) mass is 471 g/mol. The summed E-state index contributed by atoms with van der Waals surface area (Å²) in [5, 5.41) is 3.85. The number of nitrogens with one attached hydrogen (secondary N) is 1. The van der Waals surface area contributed by atoms with Gasteiger partial charge in [-0.2, -0.15) is 4.98 Å². The Balaban J connectivity index is 1.61. The second-order valence-corrected chi connectivity index (χ2v) is 10.5. The van der Waals surface area contributed by atoms with Crippen LogP contribution in [0, 0.1) is 6.92 Å². The first kappa shape index (κ1) is 23.2. The van der Waals surface area contributed by atoms with Crippen LogP contribution in [0.25, 0.3) is 16.7 Å².